The van der Waals surface area contributed by atoms with E-state index in [1.165, 1.54) is 0 Å². The molecule has 0 rings (SSSR count). The van der Waals surface area contributed by atoms with Crippen molar-refractivity contribution in [1.82, 2.24) is 0 Å². The van der Waals surface area contributed by atoms with Crippen LogP contribution in [0, 0.1) is 0 Å². The van der Waals surface area contributed by atoms with Gasteiger partial charge in [0.05, 0.1) is 11.7 Å². The summed E-state index contributed by atoms with van der Waals surface area (Å²) in [6.45, 7) is 8.59. The third-order valence-electron chi connectivity index (χ3n) is 1.69. The highest BCUT2D eigenvalue weighted by Gasteiger charge is 2.16. The number of rotatable bonds is 6. The summed E-state index contributed by atoms with van der Waals surface area (Å²) in [7, 11) is 0. The van der Waals surface area contributed by atoms with E-state index in [4.69, 9.17) is 4.74 Å². The molecule has 0 bridgehead atoms. The molecule has 1 N–H and O–H groups in total. The number of hydrogen-bond acceptors (Lipinski definition) is 2. The molecule has 12 heavy (non-hydrogen) atoms. The molecule has 0 aliphatic rings. The third kappa shape index (κ3) is 8.02. The summed E-state index contributed by atoms with van der Waals surface area (Å²) in [4.78, 5) is 0. The first kappa shape index (κ1) is 11.9. The molecule has 0 aromatic carbocycles. The molecule has 0 aliphatic heterocycles. The normalized spacial score (nSPS) is 14.8. The average Bonchev–Trinajstić information content (AvgIpc) is 1.84. The molecule has 0 heterocycles. The molecule has 0 fully saturated rings. The van der Waals surface area contributed by atoms with E-state index in [1.807, 2.05) is 20.8 Å². The zero-order chi connectivity index (χ0) is 9.61. The second-order valence-electron chi connectivity index (χ2n) is 4.05. The average molecular weight is 174 g/mol. The van der Waals surface area contributed by atoms with Gasteiger partial charge in [-0.25, -0.2) is 0 Å². The van der Waals surface area contributed by atoms with Gasteiger partial charge in [-0.15, -0.1) is 0 Å². The Bertz CT molecular complexity index is 105. The molecule has 0 aromatic rings. The van der Waals surface area contributed by atoms with Gasteiger partial charge in [-0.3, -0.25) is 0 Å². The second-order valence-corrected chi connectivity index (χ2v) is 4.05. The Morgan fingerprint density at radius 2 is 2.00 bits per heavy atom. The maximum absolute atomic E-state index is 9.46. The molecule has 2 heteroatoms. The van der Waals surface area contributed by atoms with Crippen LogP contribution in [0.2, 0.25) is 0 Å². The van der Waals surface area contributed by atoms with E-state index in [0.717, 1.165) is 19.4 Å². The predicted octanol–water partition coefficient (Wildman–Crippen LogP) is 2.35. The fourth-order valence-electron chi connectivity index (χ4n) is 1.19. The van der Waals surface area contributed by atoms with Crippen LogP contribution in [0.15, 0.2) is 0 Å². The molecule has 0 aromatic heterocycles. The van der Waals surface area contributed by atoms with Gasteiger partial charge in [0, 0.05) is 13.0 Å². The lowest BCUT2D eigenvalue weighted by Gasteiger charge is -2.22. The minimum absolute atomic E-state index is 0.163. The summed E-state index contributed by atoms with van der Waals surface area (Å²) >= 11 is 0. The summed E-state index contributed by atoms with van der Waals surface area (Å²) in [6, 6.07) is 0. The van der Waals surface area contributed by atoms with Gasteiger partial charge in [0.2, 0.25) is 0 Å². The smallest absolute Gasteiger partial charge is 0.0616 e. The van der Waals surface area contributed by atoms with Crippen molar-refractivity contribution in [2.45, 2.75) is 58.7 Å². The molecular weight excluding hydrogens is 152 g/mol. The van der Waals surface area contributed by atoms with Gasteiger partial charge >= 0.3 is 0 Å². The van der Waals surface area contributed by atoms with Crippen molar-refractivity contribution in [1.29, 1.82) is 0 Å². The summed E-state index contributed by atoms with van der Waals surface area (Å²) in [5, 5.41) is 9.46. The van der Waals surface area contributed by atoms with Gasteiger partial charge in [-0.2, -0.15) is 0 Å². The van der Waals surface area contributed by atoms with Crippen molar-refractivity contribution in [2.75, 3.05) is 6.61 Å². The van der Waals surface area contributed by atoms with Crippen LogP contribution in [0.4, 0.5) is 0 Å². The predicted molar refractivity (Wildman–Crippen MR) is 51.2 cm³/mol. The minimum Gasteiger partial charge on any atom is -0.390 e. The molecule has 0 saturated heterocycles. The van der Waals surface area contributed by atoms with Crippen LogP contribution in [-0.4, -0.2) is 23.4 Å². The molecule has 0 spiro atoms. The summed E-state index contributed by atoms with van der Waals surface area (Å²) < 4.78 is 5.50. The van der Waals surface area contributed by atoms with Crippen LogP contribution >= 0.6 is 0 Å². The number of ether oxygens (including phenoxy) is 1. The van der Waals surface area contributed by atoms with E-state index in [0.29, 0.717) is 6.42 Å². The van der Waals surface area contributed by atoms with E-state index in [9.17, 15) is 5.11 Å². The quantitative estimate of drug-likeness (QED) is 0.626. The molecule has 74 valence electrons. The van der Waals surface area contributed by atoms with E-state index >= 15 is 0 Å². The van der Waals surface area contributed by atoms with E-state index in [1.54, 1.807) is 0 Å². The molecular formula is C10H22O2. The van der Waals surface area contributed by atoms with E-state index < -0.39 is 5.60 Å². The monoisotopic (exact) mass is 174 g/mol. The van der Waals surface area contributed by atoms with Crippen molar-refractivity contribution in [2.24, 2.45) is 0 Å². The summed E-state index contributed by atoms with van der Waals surface area (Å²) in [5.41, 5.74) is -0.606. The first-order valence-corrected chi connectivity index (χ1v) is 4.79. The number of hydrogen-bond donors (Lipinski definition) is 1. The largest absolute Gasteiger partial charge is 0.390 e. The zero-order valence-corrected chi connectivity index (χ0v) is 8.76. The molecule has 0 aliphatic carbocycles. The van der Waals surface area contributed by atoms with Crippen LogP contribution in [0.25, 0.3) is 0 Å². The van der Waals surface area contributed by atoms with Gasteiger partial charge in [0.15, 0.2) is 0 Å². The van der Waals surface area contributed by atoms with Gasteiger partial charge in [0.1, 0.15) is 0 Å². The van der Waals surface area contributed by atoms with Crippen LogP contribution in [0.5, 0.6) is 0 Å². The van der Waals surface area contributed by atoms with Crippen molar-refractivity contribution in [3.8, 4) is 0 Å². The second kappa shape index (κ2) is 5.55. The Morgan fingerprint density at radius 1 is 1.42 bits per heavy atom. The first-order valence-electron chi connectivity index (χ1n) is 4.79. The highest BCUT2D eigenvalue weighted by atomic mass is 16.5. The molecule has 0 unspecified atom stereocenters. The van der Waals surface area contributed by atoms with Crippen molar-refractivity contribution in [3.05, 3.63) is 0 Å². The van der Waals surface area contributed by atoms with Crippen LogP contribution in [-0.2, 0) is 4.74 Å². The maximum atomic E-state index is 9.46. The maximum Gasteiger partial charge on any atom is 0.0616 e. The number of aliphatic hydroxyl groups is 1. The third-order valence-corrected chi connectivity index (χ3v) is 1.69. The first-order chi connectivity index (χ1) is 5.45. The molecule has 0 amide bonds. The molecule has 2 nitrogen and oxygen atoms in total. The van der Waals surface area contributed by atoms with Crippen molar-refractivity contribution in [3.63, 3.8) is 0 Å². The van der Waals surface area contributed by atoms with Gasteiger partial charge in [-0.1, -0.05) is 13.3 Å². The Hall–Kier alpha value is -0.0800. The molecule has 0 saturated carbocycles. The van der Waals surface area contributed by atoms with Gasteiger partial charge in [0.25, 0.3) is 0 Å². The Labute approximate surface area is 75.9 Å². The lowest BCUT2D eigenvalue weighted by atomic mass is 10.0. The molecule has 1 atom stereocenters. The Kier molecular flexibility index (Phi) is 5.51. The van der Waals surface area contributed by atoms with Crippen molar-refractivity contribution >= 4 is 0 Å². The SMILES string of the molecule is CCCCO[C@@H](C)CC(C)(C)O. The van der Waals surface area contributed by atoms with E-state index in [2.05, 4.69) is 6.92 Å². The van der Waals surface area contributed by atoms with Crippen LogP contribution < -0.4 is 0 Å². The fraction of sp³-hybridized carbons (Fsp3) is 1.00. The zero-order valence-electron chi connectivity index (χ0n) is 8.76. The highest BCUT2D eigenvalue weighted by Crippen LogP contribution is 2.12. The Balaban J connectivity index is 3.40. The van der Waals surface area contributed by atoms with Crippen molar-refractivity contribution < 1.29 is 9.84 Å². The van der Waals surface area contributed by atoms with Gasteiger partial charge < -0.3 is 9.84 Å². The standard InChI is InChI=1S/C10H22O2/c1-5-6-7-12-9(2)8-10(3,4)11/h9,11H,5-8H2,1-4H3/t9-/m0/s1. The Morgan fingerprint density at radius 3 is 2.42 bits per heavy atom. The molecule has 0 radical (unpaired) electrons. The lowest BCUT2D eigenvalue weighted by molar-refractivity contribution is -0.0129. The van der Waals surface area contributed by atoms with Gasteiger partial charge in [-0.05, 0) is 27.2 Å². The van der Waals surface area contributed by atoms with Crippen LogP contribution in [0.3, 0.4) is 0 Å². The number of unbranched alkanes of at least 4 members (excludes halogenated alkanes) is 1. The summed E-state index contributed by atoms with van der Waals surface area (Å²) in [5.74, 6) is 0. The van der Waals surface area contributed by atoms with E-state index in [-0.39, 0.29) is 6.10 Å². The highest BCUT2D eigenvalue weighted by molar-refractivity contribution is 4.68. The summed E-state index contributed by atoms with van der Waals surface area (Å²) in [6.07, 6.45) is 3.14. The van der Waals surface area contributed by atoms with Crippen LogP contribution in [0.1, 0.15) is 47.0 Å². The minimum atomic E-state index is -0.606. The lowest BCUT2D eigenvalue weighted by Crippen LogP contribution is -2.26. The topological polar surface area (TPSA) is 29.5 Å². The fourth-order valence-corrected chi connectivity index (χ4v) is 1.19.